The first-order valence-electron chi connectivity index (χ1n) is 7.98. The summed E-state index contributed by atoms with van der Waals surface area (Å²) < 4.78 is 43.4. The second-order valence-electron chi connectivity index (χ2n) is 5.89. The average molecular weight is 429 g/mol. The van der Waals surface area contributed by atoms with Gasteiger partial charge in [-0.15, -0.1) is 0 Å². The fourth-order valence-corrected chi connectivity index (χ4v) is 3.86. The Kier molecular flexibility index (Phi) is 6.63. The van der Waals surface area contributed by atoms with E-state index < -0.39 is 33.8 Å². The molecule has 1 amide bonds. The fraction of sp³-hybridized carbons (Fsp3) is 0.222. The molecule has 2 rings (SSSR count). The van der Waals surface area contributed by atoms with Crippen LogP contribution in [0.5, 0.6) is 0 Å². The molecule has 0 aliphatic carbocycles. The topological polar surface area (TPSA) is 92.8 Å². The molecule has 7 nitrogen and oxygen atoms in total. The molecule has 28 heavy (non-hydrogen) atoms. The summed E-state index contributed by atoms with van der Waals surface area (Å²) in [6, 6.07) is 7.78. The largest absolute Gasteiger partial charge is 0.465 e. The molecule has 0 spiro atoms. The Labute approximate surface area is 167 Å². The van der Waals surface area contributed by atoms with Crippen LogP contribution in [0.25, 0.3) is 0 Å². The van der Waals surface area contributed by atoms with Crippen molar-refractivity contribution in [2.45, 2.75) is 13.0 Å². The standard InChI is InChI=1S/C18H18ClFN2O5S/c1-11(22(28(3,25)26)14-6-4-5-13(20)10-14)17(23)21-16-9-12(18(24)27-2)7-8-15(16)19/h4-11H,1-3H3,(H,21,23)/t11-/m0/s1. The average Bonchev–Trinajstić information content (AvgIpc) is 2.61. The predicted molar refractivity (Wildman–Crippen MR) is 105 cm³/mol. The van der Waals surface area contributed by atoms with Gasteiger partial charge in [-0.25, -0.2) is 17.6 Å². The third kappa shape index (κ3) is 4.99. The van der Waals surface area contributed by atoms with Crippen LogP contribution in [-0.2, 0) is 19.6 Å². The van der Waals surface area contributed by atoms with E-state index in [4.69, 9.17) is 11.6 Å². The number of anilines is 2. The van der Waals surface area contributed by atoms with Crippen molar-refractivity contribution in [3.05, 3.63) is 58.9 Å². The summed E-state index contributed by atoms with van der Waals surface area (Å²) in [5.74, 6) is -2.00. The van der Waals surface area contributed by atoms with Gasteiger partial charge in [-0.1, -0.05) is 17.7 Å². The molecule has 0 unspecified atom stereocenters. The van der Waals surface area contributed by atoms with Crippen molar-refractivity contribution >= 4 is 44.9 Å². The normalized spacial score (nSPS) is 12.2. The van der Waals surface area contributed by atoms with E-state index in [0.717, 1.165) is 22.7 Å². The molecule has 2 aromatic carbocycles. The first-order valence-corrected chi connectivity index (χ1v) is 10.2. The number of esters is 1. The number of hydrogen-bond donors (Lipinski definition) is 1. The summed E-state index contributed by atoms with van der Waals surface area (Å²) in [5, 5.41) is 2.63. The van der Waals surface area contributed by atoms with Crippen LogP contribution in [0.15, 0.2) is 42.5 Å². The highest BCUT2D eigenvalue weighted by molar-refractivity contribution is 7.92. The fourth-order valence-electron chi connectivity index (χ4n) is 2.53. The molecule has 0 radical (unpaired) electrons. The van der Waals surface area contributed by atoms with E-state index in [2.05, 4.69) is 10.1 Å². The van der Waals surface area contributed by atoms with Crippen molar-refractivity contribution in [1.82, 2.24) is 0 Å². The molecule has 0 aromatic heterocycles. The molecule has 0 saturated carbocycles. The van der Waals surface area contributed by atoms with Crippen LogP contribution in [0.4, 0.5) is 15.8 Å². The van der Waals surface area contributed by atoms with Crippen LogP contribution in [-0.4, -0.2) is 39.7 Å². The van der Waals surface area contributed by atoms with Gasteiger partial charge in [0.05, 0.1) is 35.3 Å². The molecular weight excluding hydrogens is 411 g/mol. The highest BCUT2D eigenvalue weighted by Crippen LogP contribution is 2.26. The zero-order valence-electron chi connectivity index (χ0n) is 15.3. The van der Waals surface area contributed by atoms with Gasteiger partial charge in [0.15, 0.2) is 0 Å². The lowest BCUT2D eigenvalue weighted by Gasteiger charge is -2.28. The summed E-state index contributed by atoms with van der Waals surface area (Å²) in [5.41, 5.74) is 0.258. The Balaban J connectivity index is 2.35. The number of benzene rings is 2. The monoisotopic (exact) mass is 428 g/mol. The van der Waals surface area contributed by atoms with Crippen LogP contribution < -0.4 is 9.62 Å². The minimum Gasteiger partial charge on any atom is -0.465 e. The summed E-state index contributed by atoms with van der Waals surface area (Å²) >= 11 is 6.05. The Morgan fingerprint density at radius 3 is 2.46 bits per heavy atom. The predicted octanol–water partition coefficient (Wildman–Crippen LogP) is 3.06. The highest BCUT2D eigenvalue weighted by Gasteiger charge is 2.29. The van der Waals surface area contributed by atoms with E-state index in [1.807, 2.05) is 0 Å². The lowest BCUT2D eigenvalue weighted by molar-refractivity contribution is -0.116. The number of carbonyl (C=O) groups excluding carboxylic acids is 2. The van der Waals surface area contributed by atoms with Crippen LogP contribution >= 0.6 is 11.6 Å². The van der Waals surface area contributed by atoms with E-state index in [1.54, 1.807) is 0 Å². The summed E-state index contributed by atoms with van der Waals surface area (Å²) in [7, 11) is -2.70. The van der Waals surface area contributed by atoms with Gasteiger partial charge < -0.3 is 10.1 Å². The molecule has 150 valence electrons. The molecule has 0 saturated heterocycles. The molecule has 1 N–H and O–H groups in total. The maximum atomic E-state index is 13.6. The van der Waals surface area contributed by atoms with Crippen molar-refractivity contribution in [3.8, 4) is 0 Å². The SMILES string of the molecule is COC(=O)c1ccc(Cl)c(NC(=O)[C@H](C)N(c2cccc(F)c2)S(C)(=O)=O)c1. The number of ether oxygens (including phenoxy) is 1. The number of rotatable bonds is 6. The van der Waals surface area contributed by atoms with Gasteiger partial charge in [0.1, 0.15) is 11.9 Å². The minimum atomic E-state index is -3.91. The third-order valence-corrected chi connectivity index (χ3v) is 5.37. The second kappa shape index (κ2) is 8.57. The molecular formula is C18H18ClFN2O5S. The van der Waals surface area contributed by atoms with Gasteiger partial charge in [-0.2, -0.15) is 0 Å². The van der Waals surface area contributed by atoms with E-state index in [0.29, 0.717) is 0 Å². The molecule has 0 fully saturated rings. The number of amides is 1. The number of nitrogens with one attached hydrogen (secondary N) is 1. The van der Waals surface area contributed by atoms with Crippen molar-refractivity contribution < 1.29 is 27.1 Å². The van der Waals surface area contributed by atoms with E-state index >= 15 is 0 Å². The zero-order valence-corrected chi connectivity index (χ0v) is 16.8. The third-order valence-electron chi connectivity index (χ3n) is 3.80. The van der Waals surface area contributed by atoms with E-state index in [-0.39, 0.29) is 22.0 Å². The molecule has 0 aliphatic heterocycles. The smallest absolute Gasteiger partial charge is 0.337 e. The second-order valence-corrected chi connectivity index (χ2v) is 8.16. The van der Waals surface area contributed by atoms with Gasteiger partial charge >= 0.3 is 5.97 Å². The molecule has 0 heterocycles. The van der Waals surface area contributed by atoms with Gasteiger partial charge in [0, 0.05) is 0 Å². The molecule has 2 aromatic rings. The zero-order chi connectivity index (χ0) is 21.1. The van der Waals surface area contributed by atoms with Crippen molar-refractivity contribution in [1.29, 1.82) is 0 Å². The van der Waals surface area contributed by atoms with Gasteiger partial charge in [0.2, 0.25) is 15.9 Å². The Hall–Kier alpha value is -2.65. The van der Waals surface area contributed by atoms with Crippen LogP contribution in [0, 0.1) is 5.82 Å². The first kappa shape index (κ1) is 21.6. The van der Waals surface area contributed by atoms with Crippen molar-refractivity contribution in [3.63, 3.8) is 0 Å². The number of carbonyl (C=O) groups is 2. The van der Waals surface area contributed by atoms with E-state index in [9.17, 15) is 22.4 Å². The maximum Gasteiger partial charge on any atom is 0.337 e. The van der Waals surface area contributed by atoms with Crippen LogP contribution in [0.3, 0.4) is 0 Å². The Bertz CT molecular complexity index is 1010. The minimum absolute atomic E-state index is 0.000409. The van der Waals surface area contributed by atoms with Crippen LogP contribution in [0.2, 0.25) is 5.02 Å². The number of halogens is 2. The summed E-state index contributed by atoms with van der Waals surface area (Å²) in [6.45, 7) is 1.35. The Morgan fingerprint density at radius 2 is 1.89 bits per heavy atom. The lowest BCUT2D eigenvalue weighted by Crippen LogP contribution is -2.45. The number of nitrogens with zero attached hydrogens (tertiary/aromatic N) is 1. The van der Waals surface area contributed by atoms with Crippen molar-refractivity contribution in [2.24, 2.45) is 0 Å². The number of methoxy groups -OCH3 is 1. The number of hydrogen-bond acceptors (Lipinski definition) is 5. The summed E-state index contributed by atoms with van der Waals surface area (Å²) in [4.78, 5) is 24.3. The molecule has 1 atom stereocenters. The molecule has 0 aliphatic rings. The Morgan fingerprint density at radius 1 is 1.21 bits per heavy atom. The lowest BCUT2D eigenvalue weighted by atomic mass is 10.2. The maximum absolute atomic E-state index is 13.6. The molecule has 10 heteroatoms. The quantitative estimate of drug-likeness (QED) is 0.714. The van der Waals surface area contributed by atoms with Crippen LogP contribution in [0.1, 0.15) is 17.3 Å². The molecule has 0 bridgehead atoms. The first-order chi connectivity index (χ1) is 13.0. The van der Waals surface area contributed by atoms with Gasteiger partial charge in [-0.05, 0) is 43.3 Å². The van der Waals surface area contributed by atoms with Gasteiger partial charge in [-0.3, -0.25) is 9.10 Å². The highest BCUT2D eigenvalue weighted by atomic mass is 35.5. The van der Waals surface area contributed by atoms with Gasteiger partial charge in [0.25, 0.3) is 0 Å². The summed E-state index contributed by atoms with van der Waals surface area (Å²) in [6.07, 6.45) is 0.909. The van der Waals surface area contributed by atoms with E-state index in [1.165, 1.54) is 44.4 Å². The van der Waals surface area contributed by atoms with Crippen molar-refractivity contribution in [2.75, 3.05) is 23.0 Å². The number of sulfonamides is 1.